The van der Waals surface area contributed by atoms with E-state index in [0.29, 0.717) is 6.04 Å². The summed E-state index contributed by atoms with van der Waals surface area (Å²) in [5, 5.41) is 3.21. The minimum absolute atomic E-state index is 0.308. The van der Waals surface area contributed by atoms with Crippen molar-refractivity contribution >= 4 is 5.69 Å². The summed E-state index contributed by atoms with van der Waals surface area (Å²) in [4.78, 5) is 9.28. The zero-order valence-corrected chi connectivity index (χ0v) is 12.6. The van der Waals surface area contributed by atoms with Gasteiger partial charge in [-0.25, -0.2) is 0 Å². The molecule has 0 aliphatic carbocycles. The quantitative estimate of drug-likeness (QED) is 0.876. The Kier molecular flexibility index (Phi) is 4.77. The van der Waals surface area contributed by atoms with E-state index < -0.39 is 0 Å². The van der Waals surface area contributed by atoms with Crippen molar-refractivity contribution in [3.05, 3.63) is 24.0 Å². The highest BCUT2D eigenvalue weighted by atomic mass is 15.2. The molecule has 1 aliphatic rings. The summed E-state index contributed by atoms with van der Waals surface area (Å²) in [5.41, 5.74) is 2.31. The summed E-state index contributed by atoms with van der Waals surface area (Å²) in [7, 11) is 6.33. The normalized spacial score (nSPS) is 21.6. The van der Waals surface area contributed by atoms with Crippen molar-refractivity contribution in [3.63, 3.8) is 0 Å². The Morgan fingerprint density at radius 3 is 2.84 bits per heavy atom. The lowest BCUT2D eigenvalue weighted by Crippen LogP contribution is -2.27. The Morgan fingerprint density at radius 1 is 1.53 bits per heavy atom. The third-order valence-electron chi connectivity index (χ3n) is 4.11. The average Bonchev–Trinajstić information content (AvgIpc) is 2.83. The average molecular weight is 262 g/mol. The molecule has 0 saturated carbocycles. The Balaban J connectivity index is 1.93. The molecule has 106 valence electrons. The molecule has 4 heteroatoms. The first-order valence-corrected chi connectivity index (χ1v) is 7.13. The zero-order chi connectivity index (χ0) is 13.8. The van der Waals surface area contributed by atoms with Crippen LogP contribution in [-0.4, -0.2) is 50.7 Å². The fraction of sp³-hybridized carbons (Fsp3) is 0.667. The molecule has 2 heterocycles. The Labute approximate surface area is 116 Å². The molecule has 2 unspecified atom stereocenters. The van der Waals surface area contributed by atoms with Crippen molar-refractivity contribution < 1.29 is 0 Å². The predicted molar refractivity (Wildman–Crippen MR) is 80.6 cm³/mol. The number of rotatable bonds is 5. The van der Waals surface area contributed by atoms with Crippen molar-refractivity contribution in [3.8, 4) is 0 Å². The molecule has 0 amide bonds. The van der Waals surface area contributed by atoms with Gasteiger partial charge in [0.1, 0.15) is 0 Å². The number of aromatic nitrogens is 1. The van der Waals surface area contributed by atoms with Crippen molar-refractivity contribution in [1.29, 1.82) is 0 Å². The SMILES string of the molecule is CNC(C)c1ccc(N(C)CC2CCN(C)C2)cn1. The van der Waals surface area contributed by atoms with Gasteiger partial charge in [0, 0.05) is 26.2 Å². The molecule has 2 rings (SSSR count). The van der Waals surface area contributed by atoms with Gasteiger partial charge in [-0.05, 0) is 52.0 Å². The fourth-order valence-corrected chi connectivity index (χ4v) is 2.70. The number of hydrogen-bond donors (Lipinski definition) is 1. The summed E-state index contributed by atoms with van der Waals surface area (Å²) < 4.78 is 0. The van der Waals surface area contributed by atoms with Gasteiger partial charge >= 0.3 is 0 Å². The molecule has 0 aromatic carbocycles. The van der Waals surface area contributed by atoms with E-state index in [0.717, 1.165) is 18.2 Å². The standard InChI is InChI=1S/C15H26N4/c1-12(16-2)15-6-5-14(9-17-15)19(4)11-13-7-8-18(3)10-13/h5-6,9,12-13,16H,7-8,10-11H2,1-4H3. The number of anilines is 1. The Morgan fingerprint density at radius 2 is 2.32 bits per heavy atom. The van der Waals surface area contributed by atoms with Crippen LogP contribution in [0.25, 0.3) is 0 Å². The maximum atomic E-state index is 4.55. The van der Waals surface area contributed by atoms with Crippen LogP contribution >= 0.6 is 0 Å². The molecule has 1 fully saturated rings. The van der Waals surface area contributed by atoms with Gasteiger partial charge in [0.25, 0.3) is 0 Å². The van der Waals surface area contributed by atoms with Crippen LogP contribution in [0, 0.1) is 5.92 Å². The van der Waals surface area contributed by atoms with Gasteiger partial charge in [0.05, 0.1) is 17.6 Å². The third-order valence-corrected chi connectivity index (χ3v) is 4.11. The fourth-order valence-electron chi connectivity index (χ4n) is 2.70. The molecular formula is C15H26N4. The van der Waals surface area contributed by atoms with Gasteiger partial charge in [-0.2, -0.15) is 0 Å². The monoisotopic (exact) mass is 262 g/mol. The lowest BCUT2D eigenvalue weighted by atomic mass is 10.1. The molecule has 1 aliphatic heterocycles. The second kappa shape index (κ2) is 6.35. The molecule has 2 atom stereocenters. The largest absolute Gasteiger partial charge is 0.373 e. The lowest BCUT2D eigenvalue weighted by molar-refractivity contribution is 0.396. The van der Waals surface area contributed by atoms with Crippen LogP contribution in [0.4, 0.5) is 5.69 Å². The highest BCUT2D eigenvalue weighted by Gasteiger charge is 2.20. The molecule has 0 spiro atoms. The molecular weight excluding hydrogens is 236 g/mol. The molecule has 19 heavy (non-hydrogen) atoms. The smallest absolute Gasteiger partial charge is 0.0571 e. The molecule has 0 radical (unpaired) electrons. The van der Waals surface area contributed by atoms with Crippen molar-refractivity contribution in [2.24, 2.45) is 5.92 Å². The predicted octanol–water partition coefficient (Wildman–Crippen LogP) is 1.75. The van der Waals surface area contributed by atoms with E-state index in [4.69, 9.17) is 0 Å². The first kappa shape index (κ1) is 14.3. The van der Waals surface area contributed by atoms with Crippen LogP contribution in [0.1, 0.15) is 25.1 Å². The Hall–Kier alpha value is -1.13. The first-order valence-electron chi connectivity index (χ1n) is 7.13. The molecule has 1 N–H and O–H groups in total. The number of hydrogen-bond acceptors (Lipinski definition) is 4. The van der Waals surface area contributed by atoms with Crippen molar-refractivity contribution in [2.75, 3.05) is 45.7 Å². The van der Waals surface area contributed by atoms with Crippen LogP contribution in [0.15, 0.2) is 18.3 Å². The number of pyridine rings is 1. The minimum atomic E-state index is 0.308. The van der Waals surface area contributed by atoms with E-state index in [1.807, 2.05) is 13.2 Å². The van der Waals surface area contributed by atoms with E-state index in [1.54, 1.807) is 0 Å². The highest BCUT2D eigenvalue weighted by molar-refractivity contribution is 5.44. The number of nitrogens with zero attached hydrogens (tertiary/aromatic N) is 3. The van der Waals surface area contributed by atoms with Gasteiger partial charge in [-0.15, -0.1) is 0 Å². The molecule has 4 nitrogen and oxygen atoms in total. The number of nitrogens with one attached hydrogen (secondary N) is 1. The minimum Gasteiger partial charge on any atom is -0.373 e. The molecule has 0 bridgehead atoms. The van der Waals surface area contributed by atoms with E-state index >= 15 is 0 Å². The lowest BCUT2D eigenvalue weighted by Gasteiger charge is -2.23. The Bertz CT molecular complexity index is 390. The van der Waals surface area contributed by atoms with Gasteiger partial charge in [-0.3, -0.25) is 4.98 Å². The van der Waals surface area contributed by atoms with Gasteiger partial charge in [0.15, 0.2) is 0 Å². The summed E-state index contributed by atoms with van der Waals surface area (Å²) in [6.07, 6.45) is 3.30. The summed E-state index contributed by atoms with van der Waals surface area (Å²) in [6.45, 7) is 5.69. The van der Waals surface area contributed by atoms with E-state index in [9.17, 15) is 0 Å². The van der Waals surface area contributed by atoms with E-state index in [1.165, 1.54) is 25.2 Å². The first-order chi connectivity index (χ1) is 9.10. The second-order valence-electron chi connectivity index (χ2n) is 5.75. The van der Waals surface area contributed by atoms with Gasteiger partial charge < -0.3 is 15.1 Å². The summed E-state index contributed by atoms with van der Waals surface area (Å²) in [6, 6.07) is 4.60. The van der Waals surface area contributed by atoms with Crippen LogP contribution in [0.5, 0.6) is 0 Å². The van der Waals surface area contributed by atoms with Crippen molar-refractivity contribution in [2.45, 2.75) is 19.4 Å². The van der Waals surface area contributed by atoms with Crippen LogP contribution in [-0.2, 0) is 0 Å². The van der Waals surface area contributed by atoms with Crippen molar-refractivity contribution in [1.82, 2.24) is 15.2 Å². The highest BCUT2D eigenvalue weighted by Crippen LogP contribution is 2.20. The molecule has 1 saturated heterocycles. The van der Waals surface area contributed by atoms with E-state index in [2.05, 4.69) is 53.3 Å². The topological polar surface area (TPSA) is 31.4 Å². The maximum absolute atomic E-state index is 4.55. The van der Waals surface area contributed by atoms with Crippen LogP contribution < -0.4 is 10.2 Å². The zero-order valence-electron chi connectivity index (χ0n) is 12.6. The summed E-state index contributed by atoms with van der Waals surface area (Å²) in [5.74, 6) is 0.783. The van der Waals surface area contributed by atoms with E-state index in [-0.39, 0.29) is 0 Å². The van der Waals surface area contributed by atoms with Crippen LogP contribution in [0.2, 0.25) is 0 Å². The molecule has 1 aromatic heterocycles. The molecule has 1 aromatic rings. The van der Waals surface area contributed by atoms with Gasteiger partial charge in [-0.1, -0.05) is 0 Å². The number of likely N-dealkylation sites (tertiary alicyclic amines) is 1. The summed E-state index contributed by atoms with van der Waals surface area (Å²) >= 11 is 0. The third kappa shape index (κ3) is 3.67. The second-order valence-corrected chi connectivity index (χ2v) is 5.75. The van der Waals surface area contributed by atoms with Gasteiger partial charge in [0.2, 0.25) is 0 Å². The van der Waals surface area contributed by atoms with Crippen LogP contribution in [0.3, 0.4) is 0 Å². The maximum Gasteiger partial charge on any atom is 0.0571 e.